The van der Waals surface area contributed by atoms with E-state index in [0.717, 1.165) is 24.1 Å². The molecule has 0 bridgehead atoms. The Morgan fingerprint density at radius 1 is 0.800 bits per heavy atom. The first-order valence-corrected chi connectivity index (χ1v) is 10.6. The number of unbranched alkanes of at least 4 members (excludes halogenated alkanes) is 2. The topological polar surface area (TPSA) is 0 Å². The van der Waals surface area contributed by atoms with E-state index < -0.39 is 11.6 Å². The Morgan fingerprint density at radius 3 is 2.30 bits per heavy atom. The van der Waals surface area contributed by atoms with E-state index in [2.05, 4.69) is 37.3 Å². The SMILES string of the molecule is CCCCCc1ccc(C2=CCc3c(ccc(-c4ccc(F)c(F)c4)c3F)C2)cc1. The zero-order chi connectivity index (χ0) is 21.1. The van der Waals surface area contributed by atoms with Crippen molar-refractivity contribution < 1.29 is 13.2 Å². The maximum atomic E-state index is 15.2. The normalized spacial score (nSPS) is 13.1. The third kappa shape index (κ3) is 4.21. The third-order valence-electron chi connectivity index (χ3n) is 5.90. The number of hydrogen-bond donors (Lipinski definition) is 0. The predicted molar refractivity (Wildman–Crippen MR) is 117 cm³/mol. The van der Waals surface area contributed by atoms with Gasteiger partial charge in [-0.3, -0.25) is 0 Å². The van der Waals surface area contributed by atoms with E-state index in [-0.39, 0.29) is 5.82 Å². The van der Waals surface area contributed by atoms with E-state index in [1.807, 2.05) is 6.07 Å². The minimum Gasteiger partial charge on any atom is -0.206 e. The van der Waals surface area contributed by atoms with Crippen molar-refractivity contribution in [2.24, 2.45) is 0 Å². The first-order valence-electron chi connectivity index (χ1n) is 10.6. The third-order valence-corrected chi connectivity index (χ3v) is 5.90. The Balaban J connectivity index is 1.54. The lowest BCUT2D eigenvalue weighted by Gasteiger charge is -2.20. The van der Waals surface area contributed by atoms with Crippen molar-refractivity contribution in [3.05, 3.63) is 100 Å². The molecule has 154 valence electrons. The summed E-state index contributed by atoms with van der Waals surface area (Å²) in [6.07, 6.45) is 8.03. The largest absolute Gasteiger partial charge is 0.206 e. The molecule has 1 aliphatic rings. The summed E-state index contributed by atoms with van der Waals surface area (Å²) in [5.41, 5.74) is 5.96. The lowest BCUT2D eigenvalue weighted by molar-refractivity contribution is 0.509. The molecule has 1 aliphatic carbocycles. The Kier molecular flexibility index (Phi) is 6.08. The van der Waals surface area contributed by atoms with E-state index in [9.17, 15) is 8.78 Å². The van der Waals surface area contributed by atoms with Gasteiger partial charge < -0.3 is 0 Å². The van der Waals surface area contributed by atoms with Gasteiger partial charge in [0.25, 0.3) is 0 Å². The average Bonchev–Trinajstić information content (AvgIpc) is 2.76. The molecule has 3 aromatic rings. The van der Waals surface area contributed by atoms with Crippen LogP contribution in [0.3, 0.4) is 0 Å². The molecule has 4 rings (SSSR count). The summed E-state index contributed by atoms with van der Waals surface area (Å²) < 4.78 is 42.0. The number of allylic oxidation sites excluding steroid dienone is 2. The van der Waals surface area contributed by atoms with Crippen LogP contribution in [0, 0.1) is 17.5 Å². The van der Waals surface area contributed by atoms with Crippen molar-refractivity contribution >= 4 is 5.57 Å². The number of hydrogen-bond acceptors (Lipinski definition) is 0. The Hall–Kier alpha value is -2.81. The lowest BCUT2D eigenvalue weighted by Crippen LogP contribution is -2.06. The quantitative estimate of drug-likeness (QED) is 0.368. The van der Waals surface area contributed by atoms with Crippen molar-refractivity contribution in [2.45, 2.75) is 45.4 Å². The van der Waals surface area contributed by atoms with Gasteiger partial charge in [-0.25, -0.2) is 13.2 Å². The van der Waals surface area contributed by atoms with Crippen molar-refractivity contribution in [3.63, 3.8) is 0 Å². The van der Waals surface area contributed by atoms with Crippen LogP contribution in [0.4, 0.5) is 13.2 Å². The number of fused-ring (bicyclic) bond motifs is 1. The monoisotopic (exact) mass is 406 g/mol. The smallest absolute Gasteiger partial charge is 0.159 e. The van der Waals surface area contributed by atoms with Gasteiger partial charge >= 0.3 is 0 Å². The van der Waals surface area contributed by atoms with Gasteiger partial charge in [-0.15, -0.1) is 0 Å². The maximum Gasteiger partial charge on any atom is 0.159 e. The molecule has 0 saturated carbocycles. The Morgan fingerprint density at radius 2 is 1.57 bits per heavy atom. The highest BCUT2D eigenvalue weighted by Gasteiger charge is 2.19. The molecule has 0 nitrogen and oxygen atoms in total. The second kappa shape index (κ2) is 8.91. The van der Waals surface area contributed by atoms with Crippen molar-refractivity contribution in [3.8, 4) is 11.1 Å². The average molecular weight is 406 g/mol. The van der Waals surface area contributed by atoms with Crippen LogP contribution in [0.1, 0.15) is 48.4 Å². The molecule has 0 amide bonds. The van der Waals surface area contributed by atoms with Crippen LogP contribution < -0.4 is 0 Å². The molecule has 3 heteroatoms. The van der Waals surface area contributed by atoms with E-state index in [4.69, 9.17) is 0 Å². The van der Waals surface area contributed by atoms with E-state index in [0.29, 0.717) is 29.5 Å². The van der Waals surface area contributed by atoms with Gasteiger partial charge in [0, 0.05) is 5.56 Å². The van der Waals surface area contributed by atoms with Crippen LogP contribution in [0.25, 0.3) is 16.7 Å². The summed E-state index contributed by atoms with van der Waals surface area (Å²) in [5, 5.41) is 0. The predicted octanol–water partition coefficient (Wildman–Crippen LogP) is 7.69. The zero-order valence-electron chi connectivity index (χ0n) is 17.2. The van der Waals surface area contributed by atoms with Crippen LogP contribution >= 0.6 is 0 Å². The fraction of sp³-hybridized carbons (Fsp3) is 0.259. The minimum absolute atomic E-state index is 0.306. The van der Waals surface area contributed by atoms with Crippen molar-refractivity contribution in [2.75, 3.05) is 0 Å². The molecule has 0 atom stereocenters. The summed E-state index contributed by atoms with van der Waals surface area (Å²) in [6, 6.07) is 15.8. The van der Waals surface area contributed by atoms with Gasteiger partial charge in [-0.2, -0.15) is 0 Å². The fourth-order valence-electron chi connectivity index (χ4n) is 4.12. The molecule has 0 aromatic heterocycles. The van der Waals surface area contributed by atoms with Gasteiger partial charge in [0.2, 0.25) is 0 Å². The Labute approximate surface area is 176 Å². The molecule has 30 heavy (non-hydrogen) atoms. The van der Waals surface area contributed by atoms with E-state index >= 15 is 4.39 Å². The summed E-state index contributed by atoms with van der Waals surface area (Å²) in [7, 11) is 0. The number of aryl methyl sites for hydroxylation is 1. The highest BCUT2D eigenvalue weighted by molar-refractivity contribution is 5.73. The second-order valence-corrected chi connectivity index (χ2v) is 7.96. The summed E-state index contributed by atoms with van der Waals surface area (Å²) >= 11 is 0. The molecular weight excluding hydrogens is 381 g/mol. The molecule has 0 heterocycles. The molecule has 0 aliphatic heterocycles. The van der Waals surface area contributed by atoms with Crippen LogP contribution in [-0.2, 0) is 19.3 Å². The molecule has 0 unspecified atom stereocenters. The molecule has 0 radical (unpaired) electrons. The standard InChI is InChI=1S/C27H25F3/c1-2-3-4-5-18-6-8-19(9-7-18)20-10-13-23-21(16-20)11-14-24(27(23)30)22-12-15-25(28)26(29)17-22/h6-12,14-15,17H,2-5,13,16H2,1H3. The highest BCUT2D eigenvalue weighted by Crippen LogP contribution is 2.34. The van der Waals surface area contributed by atoms with Gasteiger partial charge in [-0.05, 0) is 71.2 Å². The van der Waals surface area contributed by atoms with Gasteiger partial charge in [0.1, 0.15) is 5.82 Å². The van der Waals surface area contributed by atoms with E-state index in [1.165, 1.54) is 42.0 Å². The lowest BCUT2D eigenvalue weighted by atomic mass is 9.85. The van der Waals surface area contributed by atoms with Crippen LogP contribution in [0.15, 0.2) is 60.7 Å². The fourth-order valence-corrected chi connectivity index (χ4v) is 4.12. The van der Waals surface area contributed by atoms with Crippen molar-refractivity contribution in [1.29, 1.82) is 0 Å². The Bertz CT molecular complexity index is 1080. The van der Waals surface area contributed by atoms with E-state index in [1.54, 1.807) is 6.07 Å². The maximum absolute atomic E-state index is 15.2. The molecule has 0 N–H and O–H groups in total. The molecule has 0 saturated heterocycles. The van der Waals surface area contributed by atoms with Crippen LogP contribution in [0.2, 0.25) is 0 Å². The van der Waals surface area contributed by atoms with Gasteiger partial charge in [0.05, 0.1) is 0 Å². The van der Waals surface area contributed by atoms with Gasteiger partial charge in [0.15, 0.2) is 11.6 Å². The van der Waals surface area contributed by atoms with Crippen LogP contribution in [0.5, 0.6) is 0 Å². The highest BCUT2D eigenvalue weighted by atomic mass is 19.2. The van der Waals surface area contributed by atoms with Crippen molar-refractivity contribution in [1.82, 2.24) is 0 Å². The molecule has 3 aromatic carbocycles. The second-order valence-electron chi connectivity index (χ2n) is 7.96. The summed E-state index contributed by atoms with van der Waals surface area (Å²) in [5.74, 6) is -2.24. The minimum atomic E-state index is -0.968. The summed E-state index contributed by atoms with van der Waals surface area (Å²) in [6.45, 7) is 2.21. The molecule has 0 fully saturated rings. The number of rotatable bonds is 6. The zero-order valence-corrected chi connectivity index (χ0v) is 17.2. The first-order chi connectivity index (χ1) is 14.6. The molecular formula is C27H25F3. The van der Waals surface area contributed by atoms with Crippen LogP contribution in [-0.4, -0.2) is 0 Å². The van der Waals surface area contributed by atoms with Gasteiger partial charge in [-0.1, -0.05) is 68.3 Å². The first kappa shape index (κ1) is 20.5. The number of halogens is 3. The number of benzene rings is 3. The molecule has 0 spiro atoms. The summed E-state index contributed by atoms with van der Waals surface area (Å²) in [4.78, 5) is 0.